The van der Waals surface area contributed by atoms with Crippen LogP contribution in [0.25, 0.3) is 0 Å². The molecule has 0 nitrogen and oxygen atoms in total. The topological polar surface area (TPSA) is 0 Å². The highest BCUT2D eigenvalue weighted by Gasteiger charge is 2.25. The van der Waals surface area contributed by atoms with Gasteiger partial charge in [-0.2, -0.15) is 0 Å². The smallest absolute Gasteiger partial charge is 0.139 e. The van der Waals surface area contributed by atoms with Gasteiger partial charge in [0.25, 0.3) is 0 Å². The summed E-state index contributed by atoms with van der Waals surface area (Å²) in [6, 6.07) is 13.8. The van der Waals surface area contributed by atoms with Gasteiger partial charge < -0.3 is 0 Å². The second-order valence-electron chi connectivity index (χ2n) is 9.57. The Bertz CT molecular complexity index is 860. The molecular formula is C30H39F. The molecule has 0 amide bonds. The molecule has 3 rings (SSSR count). The van der Waals surface area contributed by atoms with Crippen LogP contribution < -0.4 is 0 Å². The van der Waals surface area contributed by atoms with Crippen molar-refractivity contribution in [2.24, 2.45) is 17.8 Å². The zero-order valence-corrected chi connectivity index (χ0v) is 19.7. The monoisotopic (exact) mass is 418 g/mol. The molecule has 1 aliphatic rings. The summed E-state index contributed by atoms with van der Waals surface area (Å²) in [5.41, 5.74) is 3.82. The minimum atomic E-state index is -0.193. The highest BCUT2D eigenvalue weighted by molar-refractivity contribution is 5.44. The van der Waals surface area contributed by atoms with Crippen molar-refractivity contribution in [2.75, 3.05) is 0 Å². The molecule has 0 aromatic heterocycles. The molecule has 1 saturated carbocycles. The molecular weight excluding hydrogens is 379 g/mol. The third kappa shape index (κ3) is 7.24. The van der Waals surface area contributed by atoms with Crippen LogP contribution in [0.5, 0.6) is 0 Å². The average molecular weight is 419 g/mol. The fraction of sp³-hybridized carbons (Fsp3) is 0.533. The average Bonchev–Trinajstić information content (AvgIpc) is 2.79. The van der Waals surface area contributed by atoms with Crippen molar-refractivity contribution in [3.63, 3.8) is 0 Å². The number of rotatable bonds is 8. The van der Waals surface area contributed by atoms with Crippen LogP contribution in [-0.4, -0.2) is 0 Å². The van der Waals surface area contributed by atoms with Gasteiger partial charge in [-0.25, -0.2) is 4.39 Å². The first-order chi connectivity index (χ1) is 15.1. The molecule has 166 valence electrons. The third-order valence-corrected chi connectivity index (χ3v) is 7.21. The van der Waals surface area contributed by atoms with Crippen LogP contribution >= 0.6 is 0 Å². The van der Waals surface area contributed by atoms with Crippen LogP contribution in [-0.2, 0) is 12.8 Å². The Balaban J connectivity index is 1.52. The maximum absolute atomic E-state index is 14.7. The minimum Gasteiger partial charge on any atom is -0.206 e. The van der Waals surface area contributed by atoms with Gasteiger partial charge in [-0.15, -0.1) is 0 Å². The second-order valence-corrected chi connectivity index (χ2v) is 9.57. The van der Waals surface area contributed by atoms with E-state index in [4.69, 9.17) is 0 Å². The van der Waals surface area contributed by atoms with Crippen LogP contribution in [0.15, 0.2) is 42.5 Å². The molecule has 2 aromatic rings. The van der Waals surface area contributed by atoms with Gasteiger partial charge in [0.2, 0.25) is 0 Å². The Kier molecular flexibility index (Phi) is 9.20. The highest BCUT2D eigenvalue weighted by atomic mass is 19.1. The molecule has 1 aliphatic carbocycles. The van der Waals surface area contributed by atoms with Crippen molar-refractivity contribution < 1.29 is 4.39 Å². The van der Waals surface area contributed by atoms with Gasteiger partial charge >= 0.3 is 0 Å². The third-order valence-electron chi connectivity index (χ3n) is 7.21. The molecule has 1 atom stereocenters. The van der Waals surface area contributed by atoms with Crippen LogP contribution in [0.3, 0.4) is 0 Å². The van der Waals surface area contributed by atoms with E-state index in [1.54, 1.807) is 6.07 Å². The lowest BCUT2D eigenvalue weighted by Crippen LogP contribution is -2.21. The normalized spacial score (nSPS) is 19.5. The van der Waals surface area contributed by atoms with Crippen molar-refractivity contribution in [2.45, 2.75) is 85.0 Å². The summed E-state index contributed by atoms with van der Waals surface area (Å²) in [6.45, 7) is 6.78. The molecule has 0 spiro atoms. The van der Waals surface area contributed by atoms with E-state index in [2.05, 4.69) is 50.8 Å². The zero-order valence-electron chi connectivity index (χ0n) is 19.7. The number of benzene rings is 2. The summed E-state index contributed by atoms with van der Waals surface area (Å²) < 4.78 is 14.7. The van der Waals surface area contributed by atoms with Gasteiger partial charge in [-0.05, 0) is 78.8 Å². The second kappa shape index (κ2) is 12.1. The molecule has 1 fully saturated rings. The van der Waals surface area contributed by atoms with E-state index < -0.39 is 0 Å². The van der Waals surface area contributed by atoms with Gasteiger partial charge in [0.05, 0.1) is 5.56 Å². The lowest BCUT2D eigenvalue weighted by atomic mass is 9.73. The summed E-state index contributed by atoms with van der Waals surface area (Å²) in [5, 5.41) is 0. The summed E-state index contributed by atoms with van der Waals surface area (Å²) >= 11 is 0. The van der Waals surface area contributed by atoms with Crippen LogP contribution in [0.1, 0.15) is 94.4 Å². The van der Waals surface area contributed by atoms with Crippen LogP contribution in [0, 0.1) is 35.4 Å². The van der Waals surface area contributed by atoms with Gasteiger partial charge in [-0.3, -0.25) is 0 Å². The van der Waals surface area contributed by atoms with Crippen molar-refractivity contribution in [1.29, 1.82) is 0 Å². The Labute approximate surface area is 189 Å². The van der Waals surface area contributed by atoms with E-state index in [9.17, 15) is 4.39 Å². The Morgan fingerprint density at radius 1 is 0.903 bits per heavy atom. The highest BCUT2D eigenvalue weighted by Crippen LogP contribution is 2.37. The maximum Gasteiger partial charge on any atom is 0.139 e. The molecule has 0 heterocycles. The molecule has 0 bridgehead atoms. The minimum absolute atomic E-state index is 0.193. The van der Waals surface area contributed by atoms with Crippen molar-refractivity contribution in [3.05, 3.63) is 70.5 Å². The molecule has 2 aromatic carbocycles. The number of hydrogen-bond donors (Lipinski definition) is 0. The lowest BCUT2D eigenvalue weighted by molar-refractivity contribution is 0.204. The summed E-state index contributed by atoms with van der Waals surface area (Å²) in [7, 11) is 0. The molecule has 0 aliphatic heterocycles. The van der Waals surface area contributed by atoms with Crippen molar-refractivity contribution in [1.82, 2.24) is 0 Å². The lowest BCUT2D eigenvalue weighted by Gasteiger charge is -2.32. The largest absolute Gasteiger partial charge is 0.206 e. The van der Waals surface area contributed by atoms with Gasteiger partial charge in [-0.1, -0.05) is 89.3 Å². The fourth-order valence-electron chi connectivity index (χ4n) is 5.02. The number of aryl methyl sites for hydroxylation is 1. The quantitative estimate of drug-likeness (QED) is 0.298. The Morgan fingerprint density at radius 2 is 1.61 bits per heavy atom. The fourth-order valence-corrected chi connectivity index (χ4v) is 5.02. The Morgan fingerprint density at radius 3 is 2.26 bits per heavy atom. The Hall–Kier alpha value is -2.07. The molecule has 0 saturated heterocycles. The van der Waals surface area contributed by atoms with Crippen molar-refractivity contribution >= 4 is 0 Å². The van der Waals surface area contributed by atoms with Crippen LogP contribution in [0.4, 0.5) is 4.39 Å². The molecule has 1 heteroatoms. The van der Waals surface area contributed by atoms with E-state index in [0.29, 0.717) is 11.5 Å². The van der Waals surface area contributed by atoms with Gasteiger partial charge in [0.15, 0.2) is 0 Å². The molecule has 0 radical (unpaired) electrons. The summed E-state index contributed by atoms with van der Waals surface area (Å²) in [6.07, 6.45) is 13.0. The first kappa shape index (κ1) is 23.6. The standard InChI is InChI=1S/C30H39F/c1-4-6-7-8-25-13-17-28(18-14-25)23(3)21-27-16-20-29(30(31)22-27)19-15-26-11-9-24(5-2)10-12-26/h9-12,16,20,22-23,25,28H,4-8,13-14,17-18,21H2,1-3H3. The number of hydrogen-bond acceptors (Lipinski definition) is 0. The van der Waals surface area contributed by atoms with E-state index in [1.165, 1.54) is 56.9 Å². The maximum atomic E-state index is 14.7. The first-order valence-electron chi connectivity index (χ1n) is 12.5. The molecule has 1 unspecified atom stereocenters. The number of unbranched alkanes of at least 4 members (excludes halogenated alkanes) is 2. The predicted octanol–water partition coefficient (Wildman–Crippen LogP) is 8.35. The first-order valence-corrected chi connectivity index (χ1v) is 12.5. The van der Waals surface area contributed by atoms with E-state index in [1.807, 2.05) is 18.2 Å². The van der Waals surface area contributed by atoms with E-state index in [-0.39, 0.29) is 5.82 Å². The predicted molar refractivity (Wildman–Crippen MR) is 131 cm³/mol. The van der Waals surface area contributed by atoms with Crippen LogP contribution in [0.2, 0.25) is 0 Å². The summed E-state index contributed by atoms with van der Waals surface area (Å²) in [5.74, 6) is 8.27. The van der Waals surface area contributed by atoms with Gasteiger partial charge in [0, 0.05) is 5.56 Å². The number of halogens is 1. The molecule has 0 N–H and O–H groups in total. The van der Waals surface area contributed by atoms with E-state index in [0.717, 1.165) is 35.8 Å². The zero-order chi connectivity index (χ0) is 22.1. The van der Waals surface area contributed by atoms with Crippen molar-refractivity contribution in [3.8, 4) is 11.8 Å². The van der Waals surface area contributed by atoms with E-state index >= 15 is 0 Å². The SMILES string of the molecule is CCCCCC1CCC(C(C)Cc2ccc(C#Cc3ccc(CC)cc3)c(F)c2)CC1. The van der Waals surface area contributed by atoms with Gasteiger partial charge in [0.1, 0.15) is 5.82 Å². The summed E-state index contributed by atoms with van der Waals surface area (Å²) in [4.78, 5) is 0. The molecule has 31 heavy (non-hydrogen) atoms.